The molecule has 0 spiro atoms. The highest BCUT2D eigenvalue weighted by molar-refractivity contribution is 7.89. The van der Waals surface area contributed by atoms with Gasteiger partial charge in [0, 0.05) is 12.2 Å². The van der Waals surface area contributed by atoms with Gasteiger partial charge in [-0.25, -0.2) is 17.5 Å². The smallest absolute Gasteiger partial charge is 0.399 e. The predicted molar refractivity (Wildman–Crippen MR) is 67.9 cm³/mol. The molecule has 0 bridgehead atoms. The average molecular weight is 351 g/mol. The van der Waals surface area contributed by atoms with Crippen LogP contribution < -0.4 is 10.5 Å². The van der Waals surface area contributed by atoms with Gasteiger partial charge in [-0.05, 0) is 12.1 Å². The van der Waals surface area contributed by atoms with Crippen LogP contribution in [-0.2, 0) is 14.8 Å². The van der Waals surface area contributed by atoms with E-state index >= 15 is 0 Å². The number of hydrogen-bond donors (Lipinski definition) is 2. The number of rotatable bonds is 6. The van der Waals surface area contributed by atoms with Crippen LogP contribution in [0.3, 0.4) is 0 Å². The van der Waals surface area contributed by atoms with E-state index in [2.05, 4.69) is 4.74 Å². The van der Waals surface area contributed by atoms with Gasteiger partial charge in [0.05, 0.1) is 11.6 Å². The van der Waals surface area contributed by atoms with Gasteiger partial charge in [-0.15, -0.1) is 0 Å². The van der Waals surface area contributed by atoms with Gasteiger partial charge in [0.15, 0.2) is 5.82 Å². The first-order valence-corrected chi connectivity index (χ1v) is 7.28. The van der Waals surface area contributed by atoms with Crippen molar-refractivity contribution in [2.45, 2.75) is 11.1 Å². The van der Waals surface area contributed by atoms with Gasteiger partial charge >= 0.3 is 6.18 Å². The van der Waals surface area contributed by atoms with E-state index in [9.17, 15) is 26.0 Å². The fourth-order valence-corrected chi connectivity index (χ4v) is 2.72. The zero-order valence-electron chi connectivity index (χ0n) is 10.4. The van der Waals surface area contributed by atoms with Crippen LogP contribution in [0.25, 0.3) is 0 Å². The topological polar surface area (TPSA) is 81.4 Å². The Morgan fingerprint density at radius 1 is 1.33 bits per heavy atom. The van der Waals surface area contributed by atoms with Gasteiger partial charge < -0.3 is 10.5 Å². The number of benzene rings is 1. The minimum absolute atomic E-state index is 0.0740. The van der Waals surface area contributed by atoms with E-state index in [-0.39, 0.29) is 5.69 Å². The molecule has 21 heavy (non-hydrogen) atoms. The summed E-state index contributed by atoms with van der Waals surface area (Å²) in [7, 11) is -4.30. The SMILES string of the molecule is Nc1cc(Cl)c(F)c(S(=O)(=O)NCCOCC(F)(F)F)c1. The number of anilines is 1. The van der Waals surface area contributed by atoms with E-state index in [0.717, 1.165) is 12.1 Å². The summed E-state index contributed by atoms with van der Waals surface area (Å²) in [6.45, 7) is -2.51. The Balaban J connectivity index is 2.67. The minimum Gasteiger partial charge on any atom is -0.399 e. The molecule has 5 nitrogen and oxygen atoms in total. The molecule has 0 amide bonds. The Morgan fingerprint density at radius 3 is 2.52 bits per heavy atom. The van der Waals surface area contributed by atoms with E-state index in [0.29, 0.717) is 0 Å². The van der Waals surface area contributed by atoms with Gasteiger partial charge in [0.1, 0.15) is 11.5 Å². The first-order valence-electron chi connectivity index (χ1n) is 5.41. The van der Waals surface area contributed by atoms with Gasteiger partial charge in [-0.2, -0.15) is 13.2 Å². The maximum Gasteiger partial charge on any atom is 0.411 e. The Morgan fingerprint density at radius 2 is 1.95 bits per heavy atom. The van der Waals surface area contributed by atoms with E-state index in [1.54, 1.807) is 0 Å². The maximum absolute atomic E-state index is 13.6. The second-order valence-electron chi connectivity index (χ2n) is 3.88. The molecule has 1 aromatic carbocycles. The van der Waals surface area contributed by atoms with Crippen molar-refractivity contribution >= 4 is 27.3 Å². The first kappa shape index (κ1) is 18.0. The summed E-state index contributed by atoms with van der Waals surface area (Å²) < 4.78 is 78.6. The molecule has 0 unspecified atom stereocenters. The van der Waals surface area contributed by atoms with Crippen LogP contribution in [0.2, 0.25) is 5.02 Å². The van der Waals surface area contributed by atoms with Crippen LogP contribution in [0, 0.1) is 5.82 Å². The number of hydrogen-bond acceptors (Lipinski definition) is 4. The lowest BCUT2D eigenvalue weighted by Crippen LogP contribution is -2.29. The Kier molecular flexibility index (Phi) is 5.79. The Labute approximate surface area is 123 Å². The van der Waals surface area contributed by atoms with E-state index in [4.69, 9.17) is 17.3 Å². The van der Waals surface area contributed by atoms with Gasteiger partial charge in [-0.1, -0.05) is 11.6 Å². The van der Waals surface area contributed by atoms with Crippen molar-refractivity contribution in [2.75, 3.05) is 25.5 Å². The van der Waals surface area contributed by atoms with Crippen LogP contribution in [0.1, 0.15) is 0 Å². The van der Waals surface area contributed by atoms with Gasteiger partial charge in [0.2, 0.25) is 10.0 Å². The average Bonchev–Trinajstić information content (AvgIpc) is 2.31. The minimum atomic E-state index is -4.51. The lowest BCUT2D eigenvalue weighted by molar-refractivity contribution is -0.173. The largest absolute Gasteiger partial charge is 0.411 e. The number of nitrogens with two attached hydrogens (primary N) is 1. The summed E-state index contributed by atoms with van der Waals surface area (Å²) in [4.78, 5) is -0.789. The van der Waals surface area contributed by atoms with E-state index < -0.39 is 51.7 Å². The molecule has 0 atom stereocenters. The summed E-state index contributed by atoms with van der Waals surface area (Å²) in [6.07, 6.45) is -4.51. The van der Waals surface area contributed by atoms with Crippen LogP contribution in [-0.4, -0.2) is 34.4 Å². The quantitative estimate of drug-likeness (QED) is 0.466. The van der Waals surface area contributed by atoms with Crippen molar-refractivity contribution < 1.29 is 30.7 Å². The summed E-state index contributed by atoms with van der Waals surface area (Å²) in [6, 6.07) is 1.88. The molecule has 1 aromatic rings. The molecule has 0 aliphatic rings. The molecule has 0 radical (unpaired) electrons. The second kappa shape index (κ2) is 6.77. The summed E-state index contributed by atoms with van der Waals surface area (Å²) >= 11 is 5.46. The van der Waals surface area contributed by atoms with Crippen molar-refractivity contribution in [2.24, 2.45) is 0 Å². The van der Waals surface area contributed by atoms with Crippen LogP contribution in [0.15, 0.2) is 17.0 Å². The van der Waals surface area contributed by atoms with Crippen molar-refractivity contribution in [1.29, 1.82) is 0 Å². The lowest BCUT2D eigenvalue weighted by atomic mass is 10.3. The number of halogens is 5. The van der Waals surface area contributed by atoms with Crippen LogP contribution in [0.5, 0.6) is 0 Å². The third kappa shape index (κ3) is 5.65. The lowest BCUT2D eigenvalue weighted by Gasteiger charge is -2.10. The molecule has 3 N–H and O–H groups in total. The molecule has 0 fully saturated rings. The number of alkyl halides is 3. The second-order valence-corrected chi connectivity index (χ2v) is 6.02. The third-order valence-electron chi connectivity index (χ3n) is 2.11. The molecular formula is C10H11ClF4N2O3S. The zero-order valence-corrected chi connectivity index (χ0v) is 11.9. The highest BCUT2D eigenvalue weighted by Gasteiger charge is 2.27. The van der Waals surface area contributed by atoms with Gasteiger partial charge in [0.25, 0.3) is 0 Å². The molecule has 0 aliphatic heterocycles. The summed E-state index contributed by atoms with van der Waals surface area (Å²) in [5, 5.41) is -0.483. The van der Waals surface area contributed by atoms with E-state index in [1.165, 1.54) is 0 Å². The summed E-state index contributed by atoms with van der Waals surface area (Å²) in [5.41, 5.74) is 5.28. The molecule has 0 aliphatic carbocycles. The number of nitrogens with one attached hydrogen (secondary N) is 1. The van der Waals surface area contributed by atoms with Crippen molar-refractivity contribution in [3.05, 3.63) is 23.0 Å². The van der Waals surface area contributed by atoms with Crippen molar-refractivity contribution in [1.82, 2.24) is 4.72 Å². The fourth-order valence-electron chi connectivity index (χ4n) is 1.29. The molecular weight excluding hydrogens is 340 g/mol. The van der Waals surface area contributed by atoms with E-state index in [1.807, 2.05) is 4.72 Å². The molecule has 1 rings (SSSR count). The fraction of sp³-hybridized carbons (Fsp3) is 0.400. The van der Waals surface area contributed by atoms with Crippen molar-refractivity contribution in [3.63, 3.8) is 0 Å². The Bertz CT molecular complexity index is 607. The standard InChI is InChI=1S/C10H11ClF4N2O3S/c11-7-3-6(16)4-8(9(7)12)21(18,19)17-1-2-20-5-10(13,14)15/h3-4,17H,1-2,5,16H2. The molecule has 11 heteroatoms. The highest BCUT2D eigenvalue weighted by atomic mass is 35.5. The zero-order chi connectivity index (χ0) is 16.3. The third-order valence-corrected chi connectivity index (χ3v) is 3.85. The van der Waals surface area contributed by atoms with Crippen LogP contribution in [0.4, 0.5) is 23.2 Å². The molecule has 0 saturated heterocycles. The molecule has 0 heterocycles. The summed E-state index contributed by atoms with van der Waals surface area (Å²) in [5.74, 6) is -1.20. The normalized spacial score (nSPS) is 12.6. The van der Waals surface area contributed by atoms with Crippen molar-refractivity contribution in [3.8, 4) is 0 Å². The first-order chi connectivity index (χ1) is 9.53. The van der Waals surface area contributed by atoms with Crippen LogP contribution >= 0.6 is 11.6 Å². The number of sulfonamides is 1. The Hall–Kier alpha value is -1.10. The maximum atomic E-state index is 13.6. The number of nitrogen functional groups attached to an aromatic ring is 1. The number of ether oxygens (including phenoxy) is 1. The highest BCUT2D eigenvalue weighted by Crippen LogP contribution is 2.25. The molecule has 0 saturated carbocycles. The predicted octanol–water partition coefficient (Wildman–Crippen LogP) is 1.92. The van der Waals surface area contributed by atoms with Gasteiger partial charge in [-0.3, -0.25) is 0 Å². The molecule has 120 valence electrons. The molecule has 0 aromatic heterocycles. The monoisotopic (exact) mass is 350 g/mol.